The van der Waals surface area contributed by atoms with E-state index in [9.17, 15) is 8.78 Å². The predicted molar refractivity (Wildman–Crippen MR) is 58.3 cm³/mol. The number of hydrogen-bond donors (Lipinski definition) is 1. The van der Waals surface area contributed by atoms with Gasteiger partial charge < -0.3 is 10.5 Å². The minimum absolute atomic E-state index is 0.00817. The van der Waals surface area contributed by atoms with Crippen LogP contribution in [0, 0.1) is 11.6 Å². The number of ether oxygens (including phenoxy) is 1. The lowest BCUT2D eigenvalue weighted by molar-refractivity contribution is 0.279. The van der Waals surface area contributed by atoms with Crippen molar-refractivity contribution >= 4 is 5.82 Å². The lowest BCUT2D eigenvalue weighted by Gasteiger charge is -2.07. The van der Waals surface area contributed by atoms with E-state index in [-0.39, 0.29) is 12.4 Å². The highest BCUT2D eigenvalue weighted by atomic mass is 19.1. The van der Waals surface area contributed by atoms with E-state index in [0.717, 1.165) is 12.1 Å². The van der Waals surface area contributed by atoms with Crippen LogP contribution in [0.5, 0.6) is 5.75 Å². The molecule has 0 aliphatic carbocycles. The van der Waals surface area contributed by atoms with E-state index < -0.39 is 11.6 Å². The average molecular weight is 239 g/mol. The molecule has 0 saturated heterocycles. The van der Waals surface area contributed by atoms with Crippen LogP contribution in [0.4, 0.5) is 14.6 Å². The molecular formula is C11H11F2N3O. The molecule has 1 aromatic carbocycles. The van der Waals surface area contributed by atoms with Crippen molar-refractivity contribution in [3.8, 4) is 5.75 Å². The highest BCUT2D eigenvalue weighted by Gasteiger charge is 2.07. The maximum Gasteiger partial charge on any atom is 0.167 e. The van der Waals surface area contributed by atoms with Crippen molar-refractivity contribution in [2.45, 2.75) is 6.61 Å². The van der Waals surface area contributed by atoms with E-state index in [2.05, 4.69) is 5.10 Å². The molecule has 0 aliphatic heterocycles. The molecule has 0 saturated carbocycles. The maximum absolute atomic E-state index is 13.2. The number of hydrogen-bond acceptors (Lipinski definition) is 3. The molecule has 0 radical (unpaired) electrons. The summed E-state index contributed by atoms with van der Waals surface area (Å²) in [4.78, 5) is 0. The van der Waals surface area contributed by atoms with Crippen LogP contribution in [0.15, 0.2) is 24.3 Å². The first-order valence-electron chi connectivity index (χ1n) is 4.92. The van der Waals surface area contributed by atoms with Crippen LogP contribution in [0.2, 0.25) is 0 Å². The number of anilines is 1. The van der Waals surface area contributed by atoms with Crippen molar-refractivity contribution in [2.24, 2.45) is 7.05 Å². The van der Waals surface area contributed by atoms with Crippen LogP contribution in [0.1, 0.15) is 5.69 Å². The van der Waals surface area contributed by atoms with E-state index in [1.807, 2.05) is 0 Å². The third-order valence-corrected chi connectivity index (χ3v) is 2.27. The number of aromatic nitrogens is 2. The van der Waals surface area contributed by atoms with Crippen molar-refractivity contribution in [3.05, 3.63) is 41.6 Å². The number of aryl methyl sites for hydroxylation is 1. The predicted octanol–water partition coefficient (Wildman–Crippen LogP) is 1.86. The molecule has 17 heavy (non-hydrogen) atoms. The van der Waals surface area contributed by atoms with Gasteiger partial charge in [-0.1, -0.05) is 0 Å². The molecule has 0 amide bonds. The highest BCUT2D eigenvalue weighted by Crippen LogP contribution is 2.19. The lowest BCUT2D eigenvalue weighted by Crippen LogP contribution is -2.04. The van der Waals surface area contributed by atoms with E-state index >= 15 is 0 Å². The Morgan fingerprint density at radius 3 is 2.71 bits per heavy atom. The van der Waals surface area contributed by atoms with Gasteiger partial charge in [0.25, 0.3) is 0 Å². The van der Waals surface area contributed by atoms with Gasteiger partial charge in [0.05, 0.1) is 5.69 Å². The standard InChI is InChI=1S/C11H11F2N3O/c1-16-8(5-11(14)15-16)6-17-10-3-2-7(12)4-9(10)13/h2-5H,6H2,1H3,(H2,14,15). The molecule has 0 bridgehead atoms. The molecule has 4 nitrogen and oxygen atoms in total. The van der Waals surface area contributed by atoms with Gasteiger partial charge in [0.15, 0.2) is 11.6 Å². The van der Waals surface area contributed by atoms with E-state index in [1.54, 1.807) is 13.1 Å². The summed E-state index contributed by atoms with van der Waals surface area (Å²) in [5.74, 6) is -1.02. The van der Waals surface area contributed by atoms with Crippen LogP contribution >= 0.6 is 0 Å². The largest absolute Gasteiger partial charge is 0.484 e. The molecule has 2 rings (SSSR count). The number of rotatable bonds is 3. The summed E-state index contributed by atoms with van der Waals surface area (Å²) in [6.45, 7) is 0.114. The summed E-state index contributed by atoms with van der Waals surface area (Å²) in [6, 6.07) is 4.77. The fraction of sp³-hybridized carbons (Fsp3) is 0.182. The van der Waals surface area contributed by atoms with Gasteiger partial charge in [-0.3, -0.25) is 4.68 Å². The first-order valence-corrected chi connectivity index (χ1v) is 4.92. The SMILES string of the molecule is Cn1nc(N)cc1COc1ccc(F)cc1F. The monoisotopic (exact) mass is 239 g/mol. The Morgan fingerprint density at radius 2 is 2.12 bits per heavy atom. The zero-order valence-electron chi connectivity index (χ0n) is 9.15. The number of nitrogen functional groups attached to an aromatic ring is 1. The van der Waals surface area contributed by atoms with Crippen molar-refractivity contribution in [2.75, 3.05) is 5.73 Å². The number of nitrogens with two attached hydrogens (primary N) is 1. The van der Waals surface area contributed by atoms with Gasteiger partial charge in [-0.2, -0.15) is 5.10 Å². The number of nitrogens with zero attached hydrogens (tertiary/aromatic N) is 2. The first-order chi connectivity index (χ1) is 8.06. The fourth-order valence-electron chi connectivity index (χ4n) is 1.41. The van der Waals surface area contributed by atoms with Gasteiger partial charge in [0.1, 0.15) is 18.2 Å². The molecule has 2 N–H and O–H groups in total. The Balaban J connectivity index is 2.10. The third kappa shape index (κ3) is 2.52. The molecule has 2 aromatic rings. The first kappa shape index (κ1) is 11.4. The Labute approximate surface area is 96.6 Å². The van der Waals surface area contributed by atoms with Gasteiger partial charge >= 0.3 is 0 Å². The quantitative estimate of drug-likeness (QED) is 0.889. The second-order valence-electron chi connectivity index (χ2n) is 3.55. The maximum atomic E-state index is 13.2. The zero-order chi connectivity index (χ0) is 12.4. The molecule has 1 aromatic heterocycles. The van der Waals surface area contributed by atoms with Gasteiger partial charge in [0, 0.05) is 19.2 Å². The van der Waals surface area contributed by atoms with Crippen LogP contribution < -0.4 is 10.5 Å². The Hall–Kier alpha value is -2.11. The van der Waals surface area contributed by atoms with E-state index in [0.29, 0.717) is 11.5 Å². The second-order valence-corrected chi connectivity index (χ2v) is 3.55. The summed E-state index contributed by atoms with van der Waals surface area (Å²) in [5, 5.41) is 3.92. The summed E-state index contributed by atoms with van der Waals surface area (Å²) in [5.41, 5.74) is 6.19. The third-order valence-electron chi connectivity index (χ3n) is 2.27. The van der Waals surface area contributed by atoms with Crippen LogP contribution in [-0.2, 0) is 13.7 Å². The topological polar surface area (TPSA) is 53.1 Å². The fourth-order valence-corrected chi connectivity index (χ4v) is 1.41. The van der Waals surface area contributed by atoms with Crippen molar-refractivity contribution < 1.29 is 13.5 Å². The van der Waals surface area contributed by atoms with Crippen molar-refractivity contribution in [1.82, 2.24) is 9.78 Å². The highest BCUT2D eigenvalue weighted by molar-refractivity contribution is 5.30. The minimum Gasteiger partial charge on any atom is -0.484 e. The number of halogens is 2. The van der Waals surface area contributed by atoms with Gasteiger partial charge in [-0.25, -0.2) is 8.78 Å². The minimum atomic E-state index is -0.736. The normalized spacial score (nSPS) is 10.5. The molecular weight excluding hydrogens is 228 g/mol. The van der Waals surface area contributed by atoms with Crippen molar-refractivity contribution in [1.29, 1.82) is 0 Å². The molecule has 0 aliphatic rings. The van der Waals surface area contributed by atoms with E-state index in [1.165, 1.54) is 10.7 Å². The molecule has 90 valence electrons. The molecule has 6 heteroatoms. The Morgan fingerprint density at radius 1 is 1.35 bits per heavy atom. The van der Waals surface area contributed by atoms with Crippen LogP contribution in [0.25, 0.3) is 0 Å². The summed E-state index contributed by atoms with van der Waals surface area (Å²) < 4.78 is 32.7. The second kappa shape index (κ2) is 4.40. The lowest BCUT2D eigenvalue weighted by atomic mass is 10.3. The zero-order valence-corrected chi connectivity index (χ0v) is 9.15. The van der Waals surface area contributed by atoms with Gasteiger partial charge in [-0.05, 0) is 12.1 Å². The van der Waals surface area contributed by atoms with Crippen molar-refractivity contribution in [3.63, 3.8) is 0 Å². The molecule has 0 atom stereocenters. The number of benzene rings is 1. The van der Waals surface area contributed by atoms with Crippen LogP contribution in [0.3, 0.4) is 0 Å². The summed E-state index contributed by atoms with van der Waals surface area (Å²) in [6.07, 6.45) is 0. The van der Waals surface area contributed by atoms with Crippen LogP contribution in [-0.4, -0.2) is 9.78 Å². The average Bonchev–Trinajstić information content (AvgIpc) is 2.56. The molecule has 0 unspecified atom stereocenters. The summed E-state index contributed by atoms with van der Waals surface area (Å²) >= 11 is 0. The van der Waals surface area contributed by atoms with Gasteiger partial charge in [-0.15, -0.1) is 0 Å². The van der Waals surface area contributed by atoms with Gasteiger partial charge in [0.2, 0.25) is 0 Å². The van der Waals surface area contributed by atoms with E-state index in [4.69, 9.17) is 10.5 Å². The smallest absolute Gasteiger partial charge is 0.167 e. The molecule has 1 heterocycles. The Kier molecular flexibility index (Phi) is 2.95. The molecule has 0 fully saturated rings. The Bertz CT molecular complexity index is 540. The summed E-state index contributed by atoms with van der Waals surface area (Å²) in [7, 11) is 1.70. The molecule has 0 spiro atoms.